The molecule has 1 atom stereocenters. The summed E-state index contributed by atoms with van der Waals surface area (Å²) in [5, 5.41) is 23.4. The van der Waals surface area contributed by atoms with Crippen molar-refractivity contribution in [2.24, 2.45) is 5.92 Å². The van der Waals surface area contributed by atoms with E-state index >= 15 is 0 Å². The van der Waals surface area contributed by atoms with Crippen LogP contribution in [0.3, 0.4) is 0 Å². The molecular formula is C14H22ClNO2. The van der Waals surface area contributed by atoms with Gasteiger partial charge in [-0.25, -0.2) is 0 Å². The molecule has 1 aromatic rings. The van der Waals surface area contributed by atoms with Crippen LogP contribution in [0, 0.1) is 12.8 Å². The normalized spacial score (nSPS) is 13.0. The smallest absolute Gasteiger partial charge is 0.123 e. The predicted molar refractivity (Wildman–Crippen MR) is 75.0 cm³/mol. The fourth-order valence-electron chi connectivity index (χ4n) is 1.75. The quantitative estimate of drug-likeness (QED) is 0.698. The van der Waals surface area contributed by atoms with Crippen molar-refractivity contribution in [2.45, 2.75) is 39.8 Å². The lowest BCUT2D eigenvalue weighted by molar-refractivity contribution is 0.116. The van der Waals surface area contributed by atoms with Gasteiger partial charge in [0.1, 0.15) is 5.75 Å². The zero-order valence-electron chi connectivity index (χ0n) is 11.2. The molecule has 102 valence electrons. The molecule has 0 fully saturated rings. The molecule has 0 aliphatic rings. The van der Waals surface area contributed by atoms with E-state index < -0.39 is 0 Å². The Labute approximate surface area is 114 Å². The molecular weight excluding hydrogens is 250 g/mol. The molecule has 0 aromatic heterocycles. The van der Waals surface area contributed by atoms with Gasteiger partial charge in [-0.1, -0.05) is 25.4 Å². The van der Waals surface area contributed by atoms with Crippen LogP contribution in [0.4, 0.5) is 0 Å². The molecule has 0 aliphatic heterocycles. The molecule has 1 aromatic carbocycles. The summed E-state index contributed by atoms with van der Waals surface area (Å²) in [7, 11) is 0. The van der Waals surface area contributed by atoms with Gasteiger partial charge in [-0.2, -0.15) is 0 Å². The molecule has 3 N–H and O–H groups in total. The van der Waals surface area contributed by atoms with Crippen LogP contribution in [0.25, 0.3) is 0 Å². The molecule has 0 amide bonds. The molecule has 0 radical (unpaired) electrons. The SMILES string of the molecule is Cc1cc(Cl)cc(CNCCC(O)C(C)C)c1O. The second-order valence-corrected chi connectivity index (χ2v) is 5.44. The molecule has 0 spiro atoms. The van der Waals surface area contributed by atoms with E-state index in [0.717, 1.165) is 11.1 Å². The number of aryl methyl sites for hydroxylation is 1. The Morgan fingerprint density at radius 3 is 2.61 bits per heavy atom. The van der Waals surface area contributed by atoms with Crippen molar-refractivity contribution in [3.63, 3.8) is 0 Å². The lowest BCUT2D eigenvalue weighted by atomic mass is 10.0. The first-order chi connectivity index (χ1) is 8.41. The maximum atomic E-state index is 9.87. The minimum atomic E-state index is -0.285. The van der Waals surface area contributed by atoms with Gasteiger partial charge in [0.15, 0.2) is 0 Å². The molecule has 0 saturated heterocycles. The number of hydrogen-bond acceptors (Lipinski definition) is 3. The number of benzene rings is 1. The summed E-state index contributed by atoms with van der Waals surface area (Å²) in [6.45, 7) is 7.09. The first-order valence-corrected chi connectivity index (χ1v) is 6.66. The van der Waals surface area contributed by atoms with Gasteiger partial charge in [0, 0.05) is 17.1 Å². The van der Waals surface area contributed by atoms with Gasteiger partial charge >= 0.3 is 0 Å². The Kier molecular flexibility index (Phi) is 5.93. The molecule has 1 rings (SSSR count). The van der Waals surface area contributed by atoms with Gasteiger partial charge in [0.05, 0.1) is 6.10 Å². The second kappa shape index (κ2) is 6.98. The van der Waals surface area contributed by atoms with E-state index in [-0.39, 0.29) is 17.8 Å². The van der Waals surface area contributed by atoms with Gasteiger partial charge < -0.3 is 15.5 Å². The maximum absolute atomic E-state index is 9.87. The highest BCUT2D eigenvalue weighted by Crippen LogP contribution is 2.26. The van der Waals surface area contributed by atoms with Gasteiger partial charge in [0.25, 0.3) is 0 Å². The van der Waals surface area contributed by atoms with E-state index in [4.69, 9.17) is 11.6 Å². The van der Waals surface area contributed by atoms with Crippen LogP contribution in [0.2, 0.25) is 5.02 Å². The largest absolute Gasteiger partial charge is 0.507 e. The van der Waals surface area contributed by atoms with Crippen LogP contribution in [0.15, 0.2) is 12.1 Å². The van der Waals surface area contributed by atoms with Crippen molar-refractivity contribution >= 4 is 11.6 Å². The Morgan fingerprint density at radius 1 is 1.33 bits per heavy atom. The number of phenols is 1. The van der Waals surface area contributed by atoms with E-state index in [1.165, 1.54) is 0 Å². The topological polar surface area (TPSA) is 52.5 Å². The van der Waals surface area contributed by atoms with Crippen molar-refractivity contribution in [1.82, 2.24) is 5.32 Å². The summed E-state index contributed by atoms with van der Waals surface area (Å²) in [6.07, 6.45) is 0.421. The van der Waals surface area contributed by atoms with Crippen LogP contribution in [0.5, 0.6) is 5.75 Å². The second-order valence-electron chi connectivity index (χ2n) is 5.01. The van der Waals surface area contributed by atoms with Crippen LogP contribution in [-0.4, -0.2) is 22.9 Å². The van der Waals surface area contributed by atoms with Gasteiger partial charge in [0.2, 0.25) is 0 Å². The number of hydrogen-bond donors (Lipinski definition) is 3. The Hall–Kier alpha value is -0.770. The zero-order valence-corrected chi connectivity index (χ0v) is 12.0. The highest BCUT2D eigenvalue weighted by Gasteiger charge is 2.09. The molecule has 3 nitrogen and oxygen atoms in total. The third-order valence-corrected chi connectivity index (χ3v) is 3.26. The first-order valence-electron chi connectivity index (χ1n) is 6.28. The van der Waals surface area contributed by atoms with Crippen LogP contribution in [0.1, 0.15) is 31.4 Å². The average Bonchev–Trinajstić information content (AvgIpc) is 2.29. The summed E-state index contributed by atoms with van der Waals surface area (Å²) in [4.78, 5) is 0. The first kappa shape index (κ1) is 15.3. The van der Waals surface area contributed by atoms with Crippen molar-refractivity contribution < 1.29 is 10.2 Å². The number of aromatic hydroxyl groups is 1. The summed E-state index contributed by atoms with van der Waals surface area (Å²) in [5.74, 6) is 0.560. The highest BCUT2D eigenvalue weighted by molar-refractivity contribution is 6.30. The third-order valence-electron chi connectivity index (χ3n) is 3.05. The van der Waals surface area contributed by atoms with E-state index in [9.17, 15) is 10.2 Å². The van der Waals surface area contributed by atoms with Crippen molar-refractivity contribution in [2.75, 3.05) is 6.54 Å². The number of aliphatic hydroxyl groups excluding tert-OH is 1. The number of rotatable bonds is 6. The zero-order chi connectivity index (χ0) is 13.7. The molecule has 1 unspecified atom stereocenters. The average molecular weight is 272 g/mol. The van der Waals surface area contributed by atoms with Crippen molar-refractivity contribution in [3.8, 4) is 5.75 Å². The number of nitrogens with one attached hydrogen (secondary N) is 1. The van der Waals surface area contributed by atoms with E-state index in [2.05, 4.69) is 5.32 Å². The van der Waals surface area contributed by atoms with Gasteiger partial charge in [-0.05, 0) is 43.5 Å². The number of halogens is 1. The third kappa shape index (κ3) is 4.48. The fourth-order valence-corrected chi connectivity index (χ4v) is 2.04. The minimum Gasteiger partial charge on any atom is -0.507 e. The summed E-state index contributed by atoms with van der Waals surface area (Å²) < 4.78 is 0. The van der Waals surface area contributed by atoms with Gasteiger partial charge in [-0.3, -0.25) is 0 Å². The summed E-state index contributed by atoms with van der Waals surface area (Å²) in [6, 6.07) is 3.50. The van der Waals surface area contributed by atoms with Gasteiger partial charge in [-0.15, -0.1) is 0 Å². The van der Waals surface area contributed by atoms with E-state index in [1.807, 2.05) is 20.8 Å². The van der Waals surface area contributed by atoms with Crippen LogP contribution in [-0.2, 0) is 6.54 Å². The standard InChI is InChI=1S/C14H22ClNO2/c1-9(2)13(17)4-5-16-8-11-7-12(15)6-10(3)14(11)18/h6-7,9,13,16-18H,4-5,8H2,1-3H3. The summed E-state index contributed by atoms with van der Waals surface area (Å²) in [5.41, 5.74) is 1.57. The fraction of sp³-hybridized carbons (Fsp3) is 0.571. The van der Waals surface area contributed by atoms with Crippen LogP contribution >= 0.6 is 11.6 Å². The van der Waals surface area contributed by atoms with Crippen LogP contribution < -0.4 is 5.32 Å². The lowest BCUT2D eigenvalue weighted by Crippen LogP contribution is -2.23. The monoisotopic (exact) mass is 271 g/mol. The van der Waals surface area contributed by atoms with E-state index in [0.29, 0.717) is 24.5 Å². The molecule has 4 heteroatoms. The lowest BCUT2D eigenvalue weighted by Gasteiger charge is -2.15. The van der Waals surface area contributed by atoms with E-state index in [1.54, 1.807) is 12.1 Å². The summed E-state index contributed by atoms with van der Waals surface area (Å²) >= 11 is 5.95. The van der Waals surface area contributed by atoms with Crippen molar-refractivity contribution in [1.29, 1.82) is 0 Å². The maximum Gasteiger partial charge on any atom is 0.123 e. The highest BCUT2D eigenvalue weighted by atomic mass is 35.5. The number of aliphatic hydroxyl groups is 1. The Bertz CT molecular complexity index is 394. The number of phenolic OH excluding ortho intramolecular Hbond substituents is 1. The van der Waals surface area contributed by atoms with Crippen molar-refractivity contribution in [3.05, 3.63) is 28.3 Å². The molecule has 0 saturated carbocycles. The Balaban J connectivity index is 2.45. The molecule has 0 aliphatic carbocycles. The minimum absolute atomic E-state index is 0.272. The molecule has 0 heterocycles. The Morgan fingerprint density at radius 2 is 2.00 bits per heavy atom. The molecule has 18 heavy (non-hydrogen) atoms. The molecule has 0 bridgehead atoms. The predicted octanol–water partition coefficient (Wildman–Crippen LogP) is 2.85.